The molecule has 1 aromatic carbocycles. The largest absolute Gasteiger partial charge is 0.468 e. The average Bonchev–Trinajstić information content (AvgIpc) is 3.25. The van der Waals surface area contributed by atoms with Crippen molar-refractivity contribution >= 4 is 40.5 Å². The number of aryl methyl sites for hydroxylation is 2. The Morgan fingerprint density at radius 1 is 1.19 bits per heavy atom. The van der Waals surface area contributed by atoms with Crippen LogP contribution in [0.4, 0.5) is 0 Å². The Morgan fingerprint density at radius 3 is 2.59 bits per heavy atom. The minimum atomic E-state index is -0.584. The number of fused-ring (bicyclic) bond motifs is 3. The maximum Gasteiger partial charge on any atom is 0.325 e. The van der Waals surface area contributed by atoms with Gasteiger partial charge in [0, 0.05) is 21.0 Å². The number of halogens is 1. The number of carbonyl (C=O) groups excluding carboxylic acids is 2. The van der Waals surface area contributed by atoms with Crippen LogP contribution in [0.15, 0.2) is 29.3 Å². The van der Waals surface area contributed by atoms with Gasteiger partial charge in [-0.1, -0.05) is 23.7 Å². The number of hydrogen-bond donors (Lipinski definition) is 1. The second kappa shape index (κ2) is 8.84. The maximum atomic E-state index is 12.6. The van der Waals surface area contributed by atoms with Gasteiger partial charge in [0.05, 0.1) is 19.2 Å². The van der Waals surface area contributed by atoms with Gasteiger partial charge in [0.2, 0.25) is 5.91 Å². The van der Waals surface area contributed by atoms with Gasteiger partial charge < -0.3 is 10.1 Å². The third-order valence-corrected chi connectivity index (χ3v) is 6.84. The predicted octanol–water partition coefficient (Wildman–Crippen LogP) is 3.48. The van der Waals surface area contributed by atoms with Crippen molar-refractivity contribution in [2.24, 2.45) is 4.99 Å². The van der Waals surface area contributed by atoms with Crippen LogP contribution in [-0.2, 0) is 14.3 Å². The Bertz CT molecular complexity index is 1230. The molecule has 1 amide bonds. The molecule has 166 valence electrons. The summed E-state index contributed by atoms with van der Waals surface area (Å²) >= 11 is 7.76. The van der Waals surface area contributed by atoms with Gasteiger partial charge in [0.1, 0.15) is 23.4 Å². The Morgan fingerprint density at radius 2 is 1.91 bits per heavy atom. The molecule has 1 aliphatic rings. The van der Waals surface area contributed by atoms with E-state index in [0.29, 0.717) is 10.8 Å². The molecule has 1 aliphatic heterocycles. The molecule has 0 unspecified atom stereocenters. The highest BCUT2D eigenvalue weighted by Crippen LogP contribution is 2.39. The summed E-state index contributed by atoms with van der Waals surface area (Å²) in [5.74, 6) is 0.457. The van der Waals surface area contributed by atoms with Crippen LogP contribution in [0.5, 0.6) is 0 Å². The highest BCUT2D eigenvalue weighted by atomic mass is 35.5. The third-order valence-electron chi connectivity index (χ3n) is 5.39. The van der Waals surface area contributed by atoms with Crippen molar-refractivity contribution in [3.63, 3.8) is 0 Å². The molecule has 3 aromatic rings. The Labute approximate surface area is 194 Å². The quantitative estimate of drug-likeness (QED) is 0.574. The van der Waals surface area contributed by atoms with Crippen LogP contribution in [0.1, 0.15) is 45.7 Å². The zero-order chi connectivity index (χ0) is 23.0. The monoisotopic (exact) mass is 471 g/mol. The lowest BCUT2D eigenvalue weighted by Crippen LogP contribution is -2.31. The molecule has 4 rings (SSSR count). The lowest BCUT2D eigenvalue weighted by atomic mass is 9.99. The van der Waals surface area contributed by atoms with E-state index in [-0.39, 0.29) is 18.9 Å². The van der Waals surface area contributed by atoms with E-state index in [1.165, 1.54) is 12.0 Å². The SMILES string of the molecule is COC(=O)CNC(=O)C[C@@H]1N=C(c2ccc(Cl)cc2)c2c(sc(C)c2C)-n2c(C)nnc21. The molecule has 2 aromatic heterocycles. The molecular formula is C22H22ClN5O3S. The zero-order valence-electron chi connectivity index (χ0n) is 18.1. The van der Waals surface area contributed by atoms with Crippen molar-refractivity contribution < 1.29 is 14.3 Å². The zero-order valence-corrected chi connectivity index (χ0v) is 19.7. The summed E-state index contributed by atoms with van der Waals surface area (Å²) in [5, 5.41) is 12.8. The minimum Gasteiger partial charge on any atom is -0.468 e. The second-order valence-corrected chi connectivity index (χ2v) is 9.10. The van der Waals surface area contributed by atoms with Crippen LogP contribution in [0, 0.1) is 20.8 Å². The molecule has 32 heavy (non-hydrogen) atoms. The number of rotatable bonds is 5. The van der Waals surface area contributed by atoms with E-state index in [0.717, 1.165) is 33.2 Å². The molecule has 0 saturated carbocycles. The summed E-state index contributed by atoms with van der Waals surface area (Å²) in [7, 11) is 1.27. The van der Waals surface area contributed by atoms with E-state index < -0.39 is 12.0 Å². The summed E-state index contributed by atoms with van der Waals surface area (Å²) in [6.45, 7) is 5.82. The number of benzene rings is 1. The van der Waals surface area contributed by atoms with Gasteiger partial charge in [-0.2, -0.15) is 0 Å². The first-order valence-electron chi connectivity index (χ1n) is 10.00. The fourth-order valence-electron chi connectivity index (χ4n) is 3.62. The molecule has 0 fully saturated rings. The molecule has 1 N–H and O–H groups in total. The summed E-state index contributed by atoms with van der Waals surface area (Å²) < 4.78 is 6.57. The van der Waals surface area contributed by atoms with Gasteiger partial charge in [0.15, 0.2) is 5.82 Å². The van der Waals surface area contributed by atoms with E-state index >= 15 is 0 Å². The number of nitrogens with one attached hydrogen (secondary N) is 1. The standard InChI is InChI=1S/C22H22ClN5O3S/c1-11-12(2)32-22-19(11)20(14-5-7-15(23)8-6-14)25-16(21-27-26-13(3)28(21)22)9-17(29)24-10-18(30)31-4/h5-8,16H,9-10H2,1-4H3,(H,24,29)/t16-/m0/s1. The Kier molecular flexibility index (Phi) is 6.12. The van der Waals surface area contributed by atoms with E-state index in [9.17, 15) is 9.59 Å². The van der Waals surface area contributed by atoms with E-state index in [1.54, 1.807) is 11.3 Å². The number of esters is 1. The molecule has 10 heteroatoms. The minimum absolute atomic E-state index is 0.0131. The summed E-state index contributed by atoms with van der Waals surface area (Å²) in [4.78, 5) is 30.2. The molecule has 0 spiro atoms. The van der Waals surface area contributed by atoms with Crippen LogP contribution >= 0.6 is 22.9 Å². The maximum absolute atomic E-state index is 12.6. The van der Waals surface area contributed by atoms with Crippen molar-refractivity contribution in [1.82, 2.24) is 20.1 Å². The number of amides is 1. The number of carbonyl (C=O) groups is 2. The molecule has 3 heterocycles. The molecule has 8 nitrogen and oxygen atoms in total. The first-order chi connectivity index (χ1) is 15.3. The molecular weight excluding hydrogens is 450 g/mol. The van der Waals surface area contributed by atoms with Crippen molar-refractivity contribution in [3.8, 4) is 5.00 Å². The summed E-state index contributed by atoms with van der Waals surface area (Å²) in [6.07, 6.45) is 0.0131. The first kappa shape index (κ1) is 22.2. The van der Waals surface area contributed by atoms with Gasteiger partial charge in [-0.3, -0.25) is 19.1 Å². The van der Waals surface area contributed by atoms with Crippen molar-refractivity contribution in [2.75, 3.05) is 13.7 Å². The number of ether oxygens (including phenoxy) is 1. The molecule has 0 aliphatic carbocycles. The predicted molar refractivity (Wildman–Crippen MR) is 123 cm³/mol. The summed E-state index contributed by atoms with van der Waals surface area (Å²) in [6, 6.07) is 6.90. The average molecular weight is 472 g/mol. The highest BCUT2D eigenvalue weighted by Gasteiger charge is 2.32. The molecule has 0 bridgehead atoms. The van der Waals surface area contributed by atoms with E-state index in [4.69, 9.17) is 16.6 Å². The number of aromatic nitrogens is 3. The van der Waals surface area contributed by atoms with Crippen LogP contribution in [0.25, 0.3) is 5.00 Å². The molecule has 1 atom stereocenters. The lowest BCUT2D eigenvalue weighted by Gasteiger charge is -2.13. The van der Waals surface area contributed by atoms with Gasteiger partial charge in [-0.05, 0) is 38.5 Å². The number of thiophene rings is 1. The van der Waals surface area contributed by atoms with E-state index in [2.05, 4.69) is 34.1 Å². The Balaban J connectivity index is 1.83. The van der Waals surface area contributed by atoms with Gasteiger partial charge in [-0.15, -0.1) is 21.5 Å². The number of hydrogen-bond acceptors (Lipinski definition) is 7. The topological polar surface area (TPSA) is 98.5 Å². The van der Waals surface area contributed by atoms with Crippen LogP contribution < -0.4 is 5.32 Å². The smallest absolute Gasteiger partial charge is 0.325 e. The Hall–Kier alpha value is -3.04. The van der Waals surface area contributed by atoms with E-state index in [1.807, 2.05) is 35.8 Å². The summed E-state index contributed by atoms with van der Waals surface area (Å²) in [5.41, 5.74) is 3.78. The highest BCUT2D eigenvalue weighted by molar-refractivity contribution is 7.15. The van der Waals surface area contributed by atoms with Gasteiger partial charge in [-0.25, -0.2) is 0 Å². The molecule has 0 radical (unpaired) electrons. The second-order valence-electron chi connectivity index (χ2n) is 7.46. The third kappa shape index (κ3) is 4.05. The fourth-order valence-corrected chi connectivity index (χ4v) is 4.96. The number of methoxy groups -OCH3 is 1. The van der Waals surface area contributed by atoms with Crippen LogP contribution in [0.3, 0.4) is 0 Å². The lowest BCUT2D eigenvalue weighted by molar-refractivity contribution is -0.141. The van der Waals surface area contributed by atoms with Gasteiger partial charge >= 0.3 is 5.97 Å². The van der Waals surface area contributed by atoms with Crippen molar-refractivity contribution in [2.45, 2.75) is 33.2 Å². The van der Waals surface area contributed by atoms with Crippen molar-refractivity contribution in [1.29, 1.82) is 0 Å². The number of aliphatic imine (C=N–C) groups is 1. The van der Waals surface area contributed by atoms with Crippen molar-refractivity contribution in [3.05, 3.63) is 62.5 Å². The molecule has 0 saturated heterocycles. The first-order valence-corrected chi connectivity index (χ1v) is 11.2. The van der Waals surface area contributed by atoms with Crippen LogP contribution in [0.2, 0.25) is 5.02 Å². The normalized spacial score (nSPS) is 14.8. The fraction of sp³-hybridized carbons (Fsp3) is 0.318. The number of nitrogens with zero attached hydrogens (tertiary/aromatic N) is 4. The van der Waals surface area contributed by atoms with Crippen LogP contribution in [-0.4, -0.2) is 46.0 Å². The van der Waals surface area contributed by atoms with Gasteiger partial charge in [0.25, 0.3) is 0 Å².